The van der Waals surface area contributed by atoms with E-state index in [4.69, 9.17) is 0 Å². The number of amides is 1. The molecular weight excluding hydrogens is 340 g/mol. The smallest absolute Gasteiger partial charge is 0.253 e. The van der Waals surface area contributed by atoms with Crippen molar-refractivity contribution in [2.75, 3.05) is 19.3 Å². The Bertz CT molecular complexity index is 850. The summed E-state index contributed by atoms with van der Waals surface area (Å²) in [5.74, 6) is -0.0263. The van der Waals surface area contributed by atoms with Gasteiger partial charge in [0.15, 0.2) is 0 Å². The molecule has 0 saturated carbocycles. The monoisotopic (exact) mass is 362 g/mol. The predicted octanol–water partition coefficient (Wildman–Crippen LogP) is 1.33. The van der Waals surface area contributed by atoms with E-state index < -0.39 is 10.0 Å². The summed E-state index contributed by atoms with van der Waals surface area (Å²) in [6, 6.07) is 9.20. The van der Waals surface area contributed by atoms with Crippen LogP contribution < -0.4 is 4.72 Å². The van der Waals surface area contributed by atoms with Crippen LogP contribution in [0.15, 0.2) is 36.5 Å². The first kappa shape index (κ1) is 17.6. The lowest BCUT2D eigenvalue weighted by Gasteiger charge is -2.32. The molecule has 0 aliphatic carbocycles. The van der Waals surface area contributed by atoms with Crippen molar-refractivity contribution in [3.63, 3.8) is 0 Å². The zero-order valence-electron chi connectivity index (χ0n) is 14.3. The summed E-state index contributed by atoms with van der Waals surface area (Å²) in [6.07, 6.45) is 4.16. The van der Waals surface area contributed by atoms with Gasteiger partial charge in [0.1, 0.15) is 0 Å². The van der Waals surface area contributed by atoms with Gasteiger partial charge in [-0.15, -0.1) is 0 Å². The van der Waals surface area contributed by atoms with Gasteiger partial charge in [0.2, 0.25) is 10.0 Å². The number of carbonyl (C=O) groups is 1. The van der Waals surface area contributed by atoms with E-state index in [0.29, 0.717) is 31.5 Å². The number of hydrogen-bond acceptors (Lipinski definition) is 4. The van der Waals surface area contributed by atoms with Gasteiger partial charge in [-0.3, -0.25) is 4.79 Å². The Morgan fingerprint density at radius 3 is 2.32 bits per heavy atom. The third-order valence-electron chi connectivity index (χ3n) is 4.35. The molecule has 2 heterocycles. The summed E-state index contributed by atoms with van der Waals surface area (Å²) in [5.41, 5.74) is 2.57. The number of hydrogen-bond donors (Lipinski definition) is 1. The molecule has 1 aliphatic rings. The Morgan fingerprint density at radius 1 is 1.16 bits per heavy atom. The largest absolute Gasteiger partial charge is 0.339 e. The molecule has 0 radical (unpaired) electrons. The Hall–Kier alpha value is -2.19. The second-order valence-corrected chi connectivity index (χ2v) is 8.17. The van der Waals surface area contributed by atoms with Gasteiger partial charge in [0.05, 0.1) is 11.9 Å². The molecule has 1 N–H and O–H groups in total. The minimum absolute atomic E-state index is 0.0263. The summed E-state index contributed by atoms with van der Waals surface area (Å²) in [7, 11) is -3.21. The van der Waals surface area contributed by atoms with Crippen LogP contribution in [0.4, 0.5) is 0 Å². The molecule has 1 saturated heterocycles. The summed E-state index contributed by atoms with van der Waals surface area (Å²) < 4.78 is 27.0. The fraction of sp³-hybridized carbons (Fsp3) is 0.412. The van der Waals surface area contributed by atoms with Gasteiger partial charge in [-0.2, -0.15) is 5.10 Å². The van der Waals surface area contributed by atoms with Gasteiger partial charge >= 0.3 is 0 Å². The van der Waals surface area contributed by atoms with Crippen molar-refractivity contribution in [3.8, 4) is 5.69 Å². The normalized spacial score (nSPS) is 16.2. The Labute approximate surface area is 147 Å². The second kappa shape index (κ2) is 6.97. The number of sulfonamides is 1. The Kier molecular flexibility index (Phi) is 4.91. The van der Waals surface area contributed by atoms with Crippen LogP contribution in [-0.4, -0.2) is 54.4 Å². The van der Waals surface area contributed by atoms with Crippen LogP contribution in [0.5, 0.6) is 0 Å². The number of piperidine rings is 1. The van der Waals surface area contributed by atoms with E-state index in [-0.39, 0.29) is 11.9 Å². The predicted molar refractivity (Wildman–Crippen MR) is 95.2 cm³/mol. The van der Waals surface area contributed by atoms with Gasteiger partial charge in [0, 0.05) is 36.6 Å². The molecule has 1 aliphatic heterocycles. The van der Waals surface area contributed by atoms with E-state index in [0.717, 1.165) is 17.6 Å². The van der Waals surface area contributed by atoms with Crippen LogP contribution in [0.3, 0.4) is 0 Å². The molecule has 134 valence electrons. The van der Waals surface area contributed by atoms with Crippen LogP contribution in [-0.2, 0) is 10.0 Å². The first-order chi connectivity index (χ1) is 11.8. The number of aryl methyl sites for hydroxylation is 1. The number of carbonyl (C=O) groups excluding carboxylic acids is 1. The molecular formula is C17H22N4O3S. The van der Waals surface area contributed by atoms with Gasteiger partial charge < -0.3 is 4.90 Å². The minimum Gasteiger partial charge on any atom is -0.339 e. The number of aromatic nitrogens is 2. The fourth-order valence-electron chi connectivity index (χ4n) is 3.07. The lowest BCUT2D eigenvalue weighted by molar-refractivity contribution is 0.0711. The quantitative estimate of drug-likeness (QED) is 0.889. The minimum atomic E-state index is -3.21. The number of benzene rings is 1. The molecule has 2 aromatic rings. The van der Waals surface area contributed by atoms with Gasteiger partial charge in [-0.05, 0) is 50.1 Å². The highest BCUT2D eigenvalue weighted by Gasteiger charge is 2.25. The number of nitrogens with zero attached hydrogens (tertiary/aromatic N) is 3. The Balaban J connectivity index is 1.63. The maximum atomic E-state index is 12.6. The van der Waals surface area contributed by atoms with E-state index >= 15 is 0 Å². The molecule has 25 heavy (non-hydrogen) atoms. The second-order valence-electron chi connectivity index (χ2n) is 6.39. The van der Waals surface area contributed by atoms with Crippen molar-refractivity contribution >= 4 is 15.9 Å². The molecule has 0 atom stereocenters. The highest BCUT2D eigenvalue weighted by Crippen LogP contribution is 2.16. The van der Waals surface area contributed by atoms with E-state index in [1.807, 2.05) is 29.8 Å². The zero-order chi connectivity index (χ0) is 18.0. The van der Waals surface area contributed by atoms with Gasteiger partial charge in [-0.25, -0.2) is 17.8 Å². The van der Waals surface area contributed by atoms with Crippen LogP contribution in [0, 0.1) is 6.92 Å². The summed E-state index contributed by atoms with van der Waals surface area (Å²) in [6.45, 7) is 3.07. The lowest BCUT2D eigenvalue weighted by atomic mass is 10.0. The molecule has 0 spiro atoms. The van der Waals surface area contributed by atoms with Crippen molar-refractivity contribution in [1.82, 2.24) is 19.4 Å². The molecule has 1 amide bonds. The van der Waals surface area contributed by atoms with Crippen LogP contribution in [0.2, 0.25) is 0 Å². The zero-order valence-corrected chi connectivity index (χ0v) is 15.2. The van der Waals surface area contributed by atoms with Crippen LogP contribution in [0.1, 0.15) is 28.9 Å². The molecule has 8 heteroatoms. The molecule has 0 unspecified atom stereocenters. The van der Waals surface area contributed by atoms with Crippen molar-refractivity contribution in [3.05, 3.63) is 47.8 Å². The Morgan fingerprint density at radius 2 is 1.80 bits per heavy atom. The van der Waals surface area contributed by atoms with Crippen LogP contribution in [0.25, 0.3) is 5.69 Å². The molecule has 0 bridgehead atoms. The first-order valence-electron chi connectivity index (χ1n) is 8.21. The maximum absolute atomic E-state index is 12.6. The molecule has 3 rings (SSSR count). The van der Waals surface area contributed by atoms with Crippen molar-refractivity contribution in [1.29, 1.82) is 0 Å². The fourth-order valence-corrected chi connectivity index (χ4v) is 3.91. The van der Waals surface area contributed by atoms with E-state index in [2.05, 4.69) is 9.82 Å². The lowest BCUT2D eigenvalue weighted by Crippen LogP contribution is -2.46. The molecule has 1 aromatic heterocycles. The van der Waals surface area contributed by atoms with Crippen LogP contribution >= 0.6 is 0 Å². The summed E-state index contributed by atoms with van der Waals surface area (Å²) >= 11 is 0. The average molecular weight is 362 g/mol. The third-order valence-corrected chi connectivity index (χ3v) is 5.12. The molecule has 1 aromatic carbocycles. The van der Waals surface area contributed by atoms with Crippen molar-refractivity contribution < 1.29 is 13.2 Å². The molecule has 7 nitrogen and oxygen atoms in total. The standard InChI is InChI=1S/C17H22N4O3S/c1-13-7-10-18-21(13)16-5-3-14(4-6-16)17(22)20-11-8-15(9-12-20)19-25(2,23)24/h3-7,10,15,19H,8-9,11-12H2,1-2H3. The van der Waals surface area contributed by atoms with E-state index in [9.17, 15) is 13.2 Å². The van der Waals surface area contributed by atoms with Gasteiger partial charge in [0.25, 0.3) is 5.91 Å². The topological polar surface area (TPSA) is 84.3 Å². The third kappa shape index (κ3) is 4.26. The van der Waals surface area contributed by atoms with Crippen molar-refractivity contribution in [2.45, 2.75) is 25.8 Å². The van der Waals surface area contributed by atoms with Gasteiger partial charge in [-0.1, -0.05) is 0 Å². The summed E-state index contributed by atoms with van der Waals surface area (Å²) in [5, 5.41) is 4.25. The number of nitrogens with one attached hydrogen (secondary N) is 1. The number of likely N-dealkylation sites (tertiary alicyclic amines) is 1. The SMILES string of the molecule is Cc1ccnn1-c1ccc(C(=O)N2CCC(NS(C)(=O)=O)CC2)cc1. The van der Waals surface area contributed by atoms with Crippen molar-refractivity contribution in [2.24, 2.45) is 0 Å². The first-order valence-corrected chi connectivity index (χ1v) is 10.1. The number of rotatable bonds is 4. The average Bonchev–Trinajstić information content (AvgIpc) is 3.00. The molecule has 1 fully saturated rings. The highest BCUT2D eigenvalue weighted by atomic mass is 32.2. The maximum Gasteiger partial charge on any atom is 0.253 e. The highest BCUT2D eigenvalue weighted by molar-refractivity contribution is 7.88. The van der Waals surface area contributed by atoms with E-state index in [1.54, 1.807) is 23.2 Å². The summed E-state index contributed by atoms with van der Waals surface area (Å²) in [4.78, 5) is 14.4. The van der Waals surface area contributed by atoms with E-state index in [1.165, 1.54) is 0 Å².